The summed E-state index contributed by atoms with van der Waals surface area (Å²) in [5.74, 6) is 0.758. The maximum atomic E-state index is 10.7. The fourth-order valence-electron chi connectivity index (χ4n) is 2.71. The topological polar surface area (TPSA) is 62.8 Å². The van der Waals surface area contributed by atoms with Crippen molar-refractivity contribution < 1.29 is 5.11 Å². The quantitative estimate of drug-likeness (QED) is 0.704. The fraction of sp³-hybridized carbons (Fsp3) is 0.0500. The number of nitrogens with zero attached hydrogens (tertiary/aromatic N) is 4. The van der Waals surface area contributed by atoms with E-state index in [0.717, 1.165) is 21.7 Å². The normalized spacial score (nSPS) is 14.8. The van der Waals surface area contributed by atoms with Gasteiger partial charge in [-0.05, 0) is 24.3 Å². The Kier molecular flexibility index (Phi) is 4.33. The van der Waals surface area contributed by atoms with Gasteiger partial charge in [0.2, 0.25) is 5.88 Å². The summed E-state index contributed by atoms with van der Waals surface area (Å²) in [6.45, 7) is 4.23. The Morgan fingerprint density at radius 1 is 1.19 bits per heavy atom. The lowest BCUT2D eigenvalue weighted by atomic mass is 10.1. The van der Waals surface area contributed by atoms with Crippen molar-refractivity contribution in [2.24, 2.45) is 9.98 Å². The summed E-state index contributed by atoms with van der Waals surface area (Å²) in [6.07, 6.45) is 7.18. The third-order valence-electron chi connectivity index (χ3n) is 3.92. The van der Waals surface area contributed by atoms with Crippen molar-refractivity contribution in [1.29, 1.82) is 0 Å². The van der Waals surface area contributed by atoms with Crippen LogP contribution >= 0.6 is 11.3 Å². The van der Waals surface area contributed by atoms with Gasteiger partial charge in [0.25, 0.3) is 0 Å². The molecule has 0 bridgehead atoms. The van der Waals surface area contributed by atoms with Crippen LogP contribution in [0.1, 0.15) is 10.4 Å². The average Bonchev–Trinajstić information content (AvgIpc) is 3.20. The molecule has 3 heterocycles. The van der Waals surface area contributed by atoms with Crippen LogP contribution in [0.4, 0.5) is 11.5 Å². The number of para-hydroxylation sites is 1. The van der Waals surface area contributed by atoms with E-state index in [1.165, 1.54) is 11.3 Å². The van der Waals surface area contributed by atoms with Gasteiger partial charge in [-0.2, -0.15) is 0 Å². The molecular formula is C20H16N4OS. The van der Waals surface area contributed by atoms with Gasteiger partial charge in [0.05, 0.1) is 10.6 Å². The Balaban J connectivity index is 1.83. The third kappa shape index (κ3) is 3.02. The number of fused-ring (bicyclic) bond motifs is 1. The van der Waals surface area contributed by atoms with Gasteiger partial charge in [0.15, 0.2) is 10.6 Å². The molecule has 0 spiro atoms. The summed E-state index contributed by atoms with van der Waals surface area (Å²) in [5, 5.41) is 10.7. The zero-order valence-electron chi connectivity index (χ0n) is 13.9. The van der Waals surface area contributed by atoms with E-state index in [1.807, 2.05) is 54.8 Å². The van der Waals surface area contributed by atoms with E-state index in [-0.39, 0.29) is 5.88 Å². The minimum Gasteiger partial charge on any atom is -0.493 e. The molecule has 0 atom stereocenters. The first kappa shape index (κ1) is 16.2. The maximum absolute atomic E-state index is 10.7. The SMILES string of the molecule is C=CCn1c(O)c(/C=C2\C=Nc3ccccc32)s/c1=N/c1ccccn1. The van der Waals surface area contributed by atoms with Crippen LogP contribution in [0, 0.1) is 0 Å². The van der Waals surface area contributed by atoms with E-state index in [4.69, 9.17) is 0 Å². The zero-order chi connectivity index (χ0) is 17.9. The van der Waals surface area contributed by atoms with Crippen LogP contribution in [0.2, 0.25) is 0 Å². The second kappa shape index (κ2) is 6.93. The Hall–Kier alpha value is -3.25. The van der Waals surface area contributed by atoms with Crippen molar-refractivity contribution in [1.82, 2.24) is 9.55 Å². The molecule has 2 aromatic heterocycles. The molecule has 128 valence electrons. The molecule has 3 aromatic rings. The number of benzene rings is 1. The summed E-state index contributed by atoms with van der Waals surface area (Å²) >= 11 is 1.40. The van der Waals surface area contributed by atoms with Gasteiger partial charge in [-0.25, -0.2) is 9.98 Å². The number of hydrogen-bond acceptors (Lipinski definition) is 5. The number of rotatable bonds is 4. The van der Waals surface area contributed by atoms with E-state index >= 15 is 0 Å². The van der Waals surface area contributed by atoms with Crippen LogP contribution in [-0.2, 0) is 6.54 Å². The molecule has 0 aliphatic carbocycles. The maximum Gasteiger partial charge on any atom is 0.211 e. The summed E-state index contributed by atoms with van der Waals surface area (Å²) in [5.41, 5.74) is 2.96. The fourth-order valence-corrected chi connectivity index (χ4v) is 3.70. The highest BCUT2D eigenvalue weighted by atomic mass is 32.1. The van der Waals surface area contributed by atoms with Gasteiger partial charge in [-0.1, -0.05) is 41.7 Å². The van der Waals surface area contributed by atoms with E-state index in [1.54, 1.807) is 16.8 Å². The van der Waals surface area contributed by atoms with E-state index in [0.29, 0.717) is 17.2 Å². The standard InChI is InChI=1S/C20H16N4OS/c1-2-11-24-19(25)17(26-20(24)23-18-9-5-6-10-21-18)12-14-13-22-16-8-4-3-7-15(14)16/h2-10,12-13,25H,1,11H2/b14-12+,23-20+. The number of aliphatic imine (C=N–C) groups is 1. The molecular weight excluding hydrogens is 344 g/mol. The lowest BCUT2D eigenvalue weighted by Crippen LogP contribution is -2.13. The average molecular weight is 360 g/mol. The van der Waals surface area contributed by atoms with Crippen molar-refractivity contribution >= 4 is 40.7 Å². The second-order valence-electron chi connectivity index (χ2n) is 5.65. The molecule has 1 aliphatic heterocycles. The zero-order valence-corrected chi connectivity index (χ0v) is 14.7. The highest BCUT2D eigenvalue weighted by Gasteiger charge is 2.15. The van der Waals surface area contributed by atoms with Crippen LogP contribution in [-0.4, -0.2) is 20.9 Å². The monoisotopic (exact) mass is 360 g/mol. The number of hydrogen-bond donors (Lipinski definition) is 1. The van der Waals surface area contributed by atoms with Gasteiger partial charge in [-0.3, -0.25) is 9.56 Å². The molecule has 0 radical (unpaired) electrons. The Morgan fingerprint density at radius 3 is 2.85 bits per heavy atom. The number of pyridine rings is 1. The van der Waals surface area contributed by atoms with E-state index in [9.17, 15) is 5.11 Å². The van der Waals surface area contributed by atoms with Crippen molar-refractivity contribution in [3.63, 3.8) is 0 Å². The molecule has 1 aromatic carbocycles. The molecule has 1 N–H and O–H groups in total. The van der Waals surface area contributed by atoms with Crippen LogP contribution in [0.15, 0.2) is 71.3 Å². The first-order valence-corrected chi connectivity index (χ1v) is 8.92. The van der Waals surface area contributed by atoms with E-state index < -0.39 is 0 Å². The highest BCUT2D eigenvalue weighted by molar-refractivity contribution is 7.10. The molecule has 6 heteroatoms. The molecule has 0 unspecified atom stereocenters. The van der Waals surface area contributed by atoms with Crippen LogP contribution in [0.3, 0.4) is 0 Å². The summed E-state index contributed by atoms with van der Waals surface area (Å²) in [7, 11) is 0. The smallest absolute Gasteiger partial charge is 0.211 e. The Morgan fingerprint density at radius 2 is 2.04 bits per heavy atom. The van der Waals surface area contributed by atoms with Crippen molar-refractivity contribution in [2.45, 2.75) is 6.54 Å². The first-order chi connectivity index (χ1) is 12.8. The summed E-state index contributed by atoms with van der Waals surface area (Å²) < 4.78 is 1.72. The van der Waals surface area contributed by atoms with Gasteiger partial charge >= 0.3 is 0 Å². The van der Waals surface area contributed by atoms with Gasteiger partial charge in [0, 0.05) is 30.1 Å². The van der Waals surface area contributed by atoms with Crippen LogP contribution in [0.5, 0.6) is 5.88 Å². The Bertz CT molecular complexity index is 1090. The van der Waals surface area contributed by atoms with E-state index in [2.05, 4.69) is 21.5 Å². The lowest BCUT2D eigenvalue weighted by molar-refractivity contribution is 0.421. The summed E-state index contributed by atoms with van der Waals surface area (Å²) in [6, 6.07) is 13.5. The molecule has 1 aliphatic rings. The summed E-state index contributed by atoms with van der Waals surface area (Å²) in [4.78, 5) is 14.6. The number of aromatic hydroxyl groups is 1. The lowest BCUT2D eigenvalue weighted by Gasteiger charge is -2.01. The van der Waals surface area contributed by atoms with Gasteiger partial charge < -0.3 is 5.11 Å². The highest BCUT2D eigenvalue weighted by Crippen LogP contribution is 2.34. The van der Waals surface area contributed by atoms with Crippen LogP contribution < -0.4 is 4.80 Å². The van der Waals surface area contributed by atoms with Crippen molar-refractivity contribution in [3.8, 4) is 5.88 Å². The van der Waals surface area contributed by atoms with Gasteiger partial charge in [-0.15, -0.1) is 6.58 Å². The second-order valence-corrected chi connectivity index (χ2v) is 6.66. The minimum absolute atomic E-state index is 0.162. The van der Waals surface area contributed by atoms with Crippen LogP contribution in [0.25, 0.3) is 11.6 Å². The number of thiazole rings is 1. The molecule has 0 amide bonds. The molecule has 0 saturated heterocycles. The van der Waals surface area contributed by atoms with Crippen molar-refractivity contribution in [2.75, 3.05) is 0 Å². The predicted molar refractivity (Wildman–Crippen MR) is 106 cm³/mol. The number of aromatic nitrogens is 2. The van der Waals surface area contributed by atoms with Gasteiger partial charge in [0.1, 0.15) is 0 Å². The predicted octanol–water partition coefficient (Wildman–Crippen LogP) is 4.33. The molecule has 4 rings (SSSR count). The molecule has 0 fully saturated rings. The number of allylic oxidation sites excluding steroid dienone is 2. The van der Waals surface area contributed by atoms with Crippen molar-refractivity contribution in [3.05, 3.63) is 76.6 Å². The largest absolute Gasteiger partial charge is 0.493 e. The molecule has 5 nitrogen and oxygen atoms in total. The Labute approximate surface area is 154 Å². The third-order valence-corrected chi connectivity index (χ3v) is 4.94. The minimum atomic E-state index is 0.162. The molecule has 0 saturated carbocycles. The molecule has 26 heavy (non-hydrogen) atoms. The first-order valence-electron chi connectivity index (χ1n) is 8.10.